The van der Waals surface area contributed by atoms with E-state index in [1.54, 1.807) is 0 Å². The average molecular weight is 251 g/mol. The van der Waals surface area contributed by atoms with Gasteiger partial charge in [-0.2, -0.15) is 0 Å². The average Bonchev–Trinajstić information content (AvgIpc) is 2.96. The van der Waals surface area contributed by atoms with Crippen LogP contribution < -0.4 is 5.32 Å². The number of nitrogens with zero attached hydrogens (tertiary/aromatic N) is 2. The van der Waals surface area contributed by atoms with Crippen LogP contribution in [0, 0.1) is 6.92 Å². The molecule has 5 nitrogen and oxygen atoms in total. The maximum absolute atomic E-state index is 12.2. The first kappa shape index (κ1) is 12.9. The Morgan fingerprint density at radius 1 is 1.72 bits per heavy atom. The normalized spacial score (nSPS) is 21.1. The zero-order chi connectivity index (χ0) is 13.1. The summed E-state index contributed by atoms with van der Waals surface area (Å²) < 4.78 is 5.29. The Bertz CT molecular complexity index is 416. The molecule has 1 aliphatic heterocycles. The molecule has 0 bridgehead atoms. The SMILES string of the molecule is CC[C@H](C)NC(=O)N1CCC[C@@H]1c1cc(C)no1. The van der Waals surface area contributed by atoms with Gasteiger partial charge in [0.05, 0.1) is 11.7 Å². The second-order valence-electron chi connectivity index (χ2n) is 4.98. The van der Waals surface area contributed by atoms with Crippen LogP contribution in [0.4, 0.5) is 4.79 Å². The Labute approximate surface area is 108 Å². The van der Waals surface area contributed by atoms with Crippen molar-refractivity contribution in [2.24, 2.45) is 0 Å². The molecule has 0 aromatic carbocycles. The highest BCUT2D eigenvalue weighted by molar-refractivity contribution is 5.75. The quantitative estimate of drug-likeness (QED) is 0.898. The molecule has 5 heteroatoms. The summed E-state index contributed by atoms with van der Waals surface area (Å²) in [6.45, 7) is 6.76. The van der Waals surface area contributed by atoms with Gasteiger partial charge in [-0.15, -0.1) is 0 Å². The third-order valence-corrected chi connectivity index (χ3v) is 3.47. The minimum absolute atomic E-state index is 0.000836. The number of aromatic nitrogens is 1. The molecule has 1 aromatic rings. The number of nitrogens with one attached hydrogen (secondary N) is 1. The molecule has 2 heterocycles. The van der Waals surface area contributed by atoms with E-state index in [2.05, 4.69) is 17.4 Å². The highest BCUT2D eigenvalue weighted by Crippen LogP contribution is 2.32. The molecule has 2 atom stereocenters. The van der Waals surface area contributed by atoms with E-state index in [1.807, 2.05) is 24.8 Å². The molecule has 1 aliphatic rings. The van der Waals surface area contributed by atoms with Crippen molar-refractivity contribution >= 4 is 6.03 Å². The molecule has 0 spiro atoms. The minimum atomic E-state index is 0.000836. The number of aryl methyl sites for hydroxylation is 1. The van der Waals surface area contributed by atoms with Crippen LogP contribution in [-0.2, 0) is 0 Å². The van der Waals surface area contributed by atoms with E-state index in [4.69, 9.17) is 4.52 Å². The van der Waals surface area contributed by atoms with Crippen molar-refractivity contribution in [1.29, 1.82) is 0 Å². The Kier molecular flexibility index (Phi) is 3.89. The maximum Gasteiger partial charge on any atom is 0.318 e. The number of amides is 2. The predicted octanol–water partition coefficient (Wildman–Crippen LogP) is 2.63. The third kappa shape index (κ3) is 2.66. The summed E-state index contributed by atoms with van der Waals surface area (Å²) in [7, 11) is 0. The summed E-state index contributed by atoms with van der Waals surface area (Å²) in [5.41, 5.74) is 0.860. The summed E-state index contributed by atoms with van der Waals surface area (Å²) in [5.74, 6) is 0.796. The van der Waals surface area contributed by atoms with Crippen LogP contribution in [0.1, 0.15) is 50.6 Å². The van der Waals surface area contributed by atoms with Gasteiger partial charge in [0.1, 0.15) is 0 Å². The van der Waals surface area contributed by atoms with Crippen LogP contribution in [0.15, 0.2) is 10.6 Å². The molecule has 0 unspecified atom stereocenters. The van der Waals surface area contributed by atoms with Crippen LogP contribution in [0.25, 0.3) is 0 Å². The molecule has 1 saturated heterocycles. The molecule has 0 saturated carbocycles. The lowest BCUT2D eigenvalue weighted by Gasteiger charge is -2.24. The summed E-state index contributed by atoms with van der Waals surface area (Å²) >= 11 is 0. The van der Waals surface area contributed by atoms with E-state index in [9.17, 15) is 4.79 Å². The van der Waals surface area contributed by atoms with Gasteiger partial charge in [-0.3, -0.25) is 0 Å². The first-order chi connectivity index (χ1) is 8.61. The Morgan fingerprint density at radius 3 is 3.11 bits per heavy atom. The number of hydrogen-bond acceptors (Lipinski definition) is 3. The number of carbonyl (C=O) groups is 1. The number of rotatable bonds is 3. The number of hydrogen-bond donors (Lipinski definition) is 1. The Balaban J connectivity index is 2.05. The van der Waals surface area contributed by atoms with Gasteiger partial charge < -0.3 is 14.7 Å². The van der Waals surface area contributed by atoms with E-state index >= 15 is 0 Å². The largest absolute Gasteiger partial charge is 0.359 e. The van der Waals surface area contributed by atoms with Crippen LogP contribution in [0.3, 0.4) is 0 Å². The van der Waals surface area contributed by atoms with Crippen molar-refractivity contribution in [2.45, 2.75) is 52.1 Å². The van der Waals surface area contributed by atoms with E-state index in [1.165, 1.54) is 0 Å². The predicted molar refractivity (Wildman–Crippen MR) is 68.2 cm³/mol. The van der Waals surface area contributed by atoms with E-state index < -0.39 is 0 Å². The van der Waals surface area contributed by atoms with Crippen LogP contribution in [0.5, 0.6) is 0 Å². The van der Waals surface area contributed by atoms with Crippen molar-refractivity contribution < 1.29 is 9.32 Å². The summed E-state index contributed by atoms with van der Waals surface area (Å²) in [6, 6.07) is 2.16. The van der Waals surface area contributed by atoms with Gasteiger partial charge in [0.15, 0.2) is 5.76 Å². The number of likely N-dealkylation sites (tertiary alicyclic amines) is 1. The van der Waals surface area contributed by atoms with Crippen molar-refractivity contribution in [3.8, 4) is 0 Å². The van der Waals surface area contributed by atoms with E-state index in [-0.39, 0.29) is 18.1 Å². The molecule has 18 heavy (non-hydrogen) atoms. The van der Waals surface area contributed by atoms with E-state index in [0.717, 1.165) is 37.3 Å². The maximum atomic E-state index is 12.2. The fourth-order valence-corrected chi connectivity index (χ4v) is 2.24. The van der Waals surface area contributed by atoms with Gasteiger partial charge in [-0.05, 0) is 33.1 Å². The molecular formula is C13H21N3O2. The van der Waals surface area contributed by atoms with Gasteiger partial charge >= 0.3 is 6.03 Å². The Hall–Kier alpha value is -1.52. The molecular weight excluding hydrogens is 230 g/mol. The van der Waals surface area contributed by atoms with Crippen LogP contribution >= 0.6 is 0 Å². The summed E-state index contributed by atoms with van der Waals surface area (Å²) in [6.07, 6.45) is 2.90. The lowest BCUT2D eigenvalue weighted by Crippen LogP contribution is -2.43. The monoisotopic (exact) mass is 251 g/mol. The van der Waals surface area contributed by atoms with Crippen molar-refractivity contribution in [1.82, 2.24) is 15.4 Å². The number of carbonyl (C=O) groups excluding carboxylic acids is 1. The van der Waals surface area contributed by atoms with Crippen LogP contribution in [-0.4, -0.2) is 28.7 Å². The molecule has 1 fully saturated rings. The molecule has 100 valence electrons. The first-order valence-corrected chi connectivity index (χ1v) is 6.62. The van der Waals surface area contributed by atoms with Gasteiger partial charge in [0, 0.05) is 18.7 Å². The van der Waals surface area contributed by atoms with Crippen molar-refractivity contribution in [3.05, 3.63) is 17.5 Å². The van der Waals surface area contributed by atoms with Gasteiger partial charge in [-0.1, -0.05) is 12.1 Å². The standard InChI is InChI=1S/C13H21N3O2/c1-4-9(2)14-13(17)16-7-5-6-11(16)12-8-10(3)15-18-12/h8-9,11H,4-7H2,1-3H3,(H,14,17)/t9-,11+/m0/s1. The molecule has 0 radical (unpaired) electrons. The molecule has 0 aliphatic carbocycles. The Morgan fingerprint density at radius 2 is 2.50 bits per heavy atom. The van der Waals surface area contributed by atoms with Crippen molar-refractivity contribution in [3.63, 3.8) is 0 Å². The van der Waals surface area contributed by atoms with E-state index in [0.29, 0.717) is 0 Å². The third-order valence-electron chi connectivity index (χ3n) is 3.47. The number of urea groups is 1. The highest BCUT2D eigenvalue weighted by atomic mass is 16.5. The second kappa shape index (κ2) is 5.42. The minimum Gasteiger partial charge on any atom is -0.359 e. The lowest BCUT2D eigenvalue weighted by molar-refractivity contribution is 0.179. The molecule has 2 rings (SSSR count). The lowest BCUT2D eigenvalue weighted by atomic mass is 10.1. The zero-order valence-electron chi connectivity index (χ0n) is 11.3. The molecule has 2 amide bonds. The summed E-state index contributed by atoms with van der Waals surface area (Å²) in [4.78, 5) is 14.0. The topological polar surface area (TPSA) is 58.4 Å². The first-order valence-electron chi connectivity index (χ1n) is 6.62. The van der Waals surface area contributed by atoms with Gasteiger partial charge in [0.2, 0.25) is 0 Å². The smallest absolute Gasteiger partial charge is 0.318 e. The zero-order valence-corrected chi connectivity index (χ0v) is 11.3. The van der Waals surface area contributed by atoms with Gasteiger partial charge in [-0.25, -0.2) is 4.79 Å². The van der Waals surface area contributed by atoms with Crippen LogP contribution in [0.2, 0.25) is 0 Å². The highest BCUT2D eigenvalue weighted by Gasteiger charge is 2.32. The molecule has 1 N–H and O–H groups in total. The fraction of sp³-hybridized carbons (Fsp3) is 0.692. The van der Waals surface area contributed by atoms with Gasteiger partial charge in [0.25, 0.3) is 0 Å². The second-order valence-corrected chi connectivity index (χ2v) is 4.98. The summed E-state index contributed by atoms with van der Waals surface area (Å²) in [5, 5.41) is 6.90. The van der Waals surface area contributed by atoms with Crippen molar-refractivity contribution in [2.75, 3.05) is 6.54 Å². The molecule has 1 aromatic heterocycles. The fourth-order valence-electron chi connectivity index (χ4n) is 2.24.